The summed E-state index contributed by atoms with van der Waals surface area (Å²) in [5.74, 6) is 1.61. The average Bonchev–Trinajstić information content (AvgIpc) is 3.83. The van der Waals surface area contributed by atoms with Crippen molar-refractivity contribution in [2.75, 3.05) is 0 Å². The Labute approximate surface area is 513 Å². The van der Waals surface area contributed by atoms with Gasteiger partial charge in [0.1, 0.15) is 11.5 Å². The van der Waals surface area contributed by atoms with Crippen LogP contribution in [0.4, 0.5) is 0 Å². The summed E-state index contributed by atoms with van der Waals surface area (Å²) in [6, 6.07) is 70.1. The molecule has 2 unspecified atom stereocenters. The van der Waals surface area contributed by atoms with Gasteiger partial charge in [0.25, 0.3) is 5.79 Å². The minimum atomic E-state index is -0.720. The fourth-order valence-corrected chi connectivity index (χ4v) is 12.1. The maximum atomic E-state index is 6.82. The van der Waals surface area contributed by atoms with Crippen molar-refractivity contribution in [1.29, 1.82) is 0 Å². The van der Waals surface area contributed by atoms with Crippen molar-refractivity contribution in [2.45, 2.75) is 184 Å². The van der Waals surface area contributed by atoms with E-state index >= 15 is 0 Å². The molecule has 0 saturated carbocycles. The summed E-state index contributed by atoms with van der Waals surface area (Å²) in [6.45, 7) is 38.6. The molecule has 0 aromatic heterocycles. The second kappa shape index (κ2) is 31.6. The number of benzene rings is 8. The van der Waals surface area contributed by atoms with Crippen LogP contribution in [0.15, 0.2) is 188 Å². The van der Waals surface area contributed by atoms with Crippen LogP contribution in [-0.2, 0) is 49.0 Å². The van der Waals surface area contributed by atoms with Crippen LogP contribution >= 0.6 is 0 Å². The molecule has 2 atom stereocenters. The van der Waals surface area contributed by atoms with Gasteiger partial charge in [-0.2, -0.15) is 35.9 Å². The van der Waals surface area contributed by atoms with Crippen molar-refractivity contribution >= 4 is 0 Å². The monoisotopic (exact) mass is 1140 g/mol. The van der Waals surface area contributed by atoms with Crippen molar-refractivity contribution in [3.8, 4) is 11.5 Å². The van der Waals surface area contributed by atoms with E-state index in [0.29, 0.717) is 0 Å². The first kappa shape index (κ1) is 68.7. The topological polar surface area (TPSA) is 18.5 Å². The predicted molar refractivity (Wildman–Crippen MR) is 344 cm³/mol. The summed E-state index contributed by atoms with van der Waals surface area (Å²) in [4.78, 5) is 0. The zero-order valence-electron chi connectivity index (χ0n) is 52.8. The zero-order valence-corrected chi connectivity index (χ0v) is 55.6. The molecular weight excluding hydrogens is 1050 g/mol. The molecule has 4 aliphatic rings. The fourth-order valence-electron chi connectivity index (χ4n) is 12.1. The van der Waals surface area contributed by atoms with Crippen molar-refractivity contribution in [1.82, 2.24) is 0 Å². The molecule has 8 aromatic carbocycles. The van der Waals surface area contributed by atoms with Crippen LogP contribution in [0.2, 0.25) is 0 Å². The number of fused-ring (bicyclic) bond motifs is 6. The first-order chi connectivity index (χ1) is 37.5. The van der Waals surface area contributed by atoms with Crippen LogP contribution in [0.3, 0.4) is 0 Å². The van der Waals surface area contributed by atoms with Crippen LogP contribution in [0, 0.1) is 55.0 Å². The van der Waals surface area contributed by atoms with Crippen molar-refractivity contribution < 1.29 is 42.2 Å². The third kappa shape index (κ3) is 16.3. The third-order valence-corrected chi connectivity index (χ3v) is 15.3. The maximum Gasteiger partial charge on any atom is 0.253 e. The van der Waals surface area contributed by atoms with Gasteiger partial charge in [-0.15, -0.1) is 0 Å². The van der Waals surface area contributed by atoms with Crippen LogP contribution in [-0.4, -0.2) is 5.79 Å². The van der Waals surface area contributed by atoms with E-state index in [1.54, 1.807) is 22.3 Å². The second-order valence-electron chi connectivity index (χ2n) is 22.1. The molecule has 80 heavy (non-hydrogen) atoms. The van der Waals surface area contributed by atoms with Crippen LogP contribution < -0.4 is 9.47 Å². The van der Waals surface area contributed by atoms with E-state index in [2.05, 4.69) is 221 Å². The number of aryl methyl sites for hydroxylation is 6. The molecule has 8 aromatic rings. The van der Waals surface area contributed by atoms with Gasteiger partial charge >= 0.3 is 0 Å². The van der Waals surface area contributed by atoms with Crippen LogP contribution in [0.1, 0.15) is 198 Å². The van der Waals surface area contributed by atoms with Gasteiger partial charge in [0.15, 0.2) is 0 Å². The minimum Gasteiger partial charge on any atom is -0.452 e. The maximum absolute atomic E-state index is 6.82. The minimum absolute atomic E-state index is 0. The van der Waals surface area contributed by atoms with E-state index in [9.17, 15) is 0 Å². The molecule has 2 heterocycles. The Morgan fingerprint density at radius 2 is 0.700 bits per heavy atom. The second-order valence-corrected chi connectivity index (χ2v) is 22.1. The summed E-state index contributed by atoms with van der Waals surface area (Å²) in [7, 11) is 0. The Balaban J connectivity index is 0.000000309. The number of hydrogen-bond donors (Lipinski definition) is 0. The molecule has 1 radical (unpaired) electrons. The Morgan fingerprint density at radius 1 is 0.375 bits per heavy atom. The molecular formula is C77H98O2Y-2. The standard InChI is InChI=1S/C31H28O2.C23H28.C7H8.C7H7.4C2H6.CH3.Y/c1-21-13-15-25-27(23-9-5-3-6-10-23)19-31(32-29(25)17-21)20-28(24-11-7-4-8-12-24)26-16-14-22(2)18-30(26)33-31;1-15-7-9-17-19(11-15)23(13-21(17,3)4)14-22(5,6)18-10-8-16(2)12-20(18)23;2*1-7-5-3-2-4-6-7;4*1-2;;/h3-18,27-28H,19-20H2,1-2H3;7-12H,13-14H2,1-6H3;2-6H,1H3;3-6H,1H3;4*1-2H3;1H3;/q;;;-1;;;;;-1;. The van der Waals surface area contributed by atoms with Crippen LogP contribution in [0.25, 0.3) is 0 Å². The van der Waals surface area contributed by atoms with Gasteiger partial charge in [0, 0.05) is 73.9 Å². The van der Waals surface area contributed by atoms with Crippen molar-refractivity contribution in [3.63, 3.8) is 0 Å². The molecule has 0 saturated heterocycles. The normalized spacial score (nSPS) is 17.8. The summed E-state index contributed by atoms with van der Waals surface area (Å²) in [5, 5.41) is 0. The van der Waals surface area contributed by atoms with E-state index in [1.165, 1.54) is 68.5 Å². The van der Waals surface area contributed by atoms with E-state index in [-0.39, 0.29) is 68.2 Å². The molecule has 2 nitrogen and oxygen atoms in total. The van der Waals surface area contributed by atoms with Gasteiger partial charge < -0.3 is 16.9 Å². The summed E-state index contributed by atoms with van der Waals surface area (Å²) >= 11 is 0. The predicted octanol–water partition coefficient (Wildman–Crippen LogP) is 21.8. The number of ether oxygens (including phenoxy) is 2. The molecule has 2 aliphatic heterocycles. The van der Waals surface area contributed by atoms with E-state index < -0.39 is 5.79 Å². The molecule has 0 bridgehead atoms. The Morgan fingerprint density at radius 3 is 1.02 bits per heavy atom. The summed E-state index contributed by atoms with van der Waals surface area (Å²) in [6.07, 6.45) is 4.03. The van der Waals surface area contributed by atoms with Gasteiger partial charge in [-0.1, -0.05) is 258 Å². The van der Waals surface area contributed by atoms with E-state index in [1.807, 2.05) is 97.9 Å². The molecule has 12 rings (SSSR count). The number of rotatable bonds is 2. The van der Waals surface area contributed by atoms with E-state index in [4.69, 9.17) is 9.47 Å². The fraction of sp³-hybridized carbons (Fsp3) is 0.364. The van der Waals surface area contributed by atoms with Crippen LogP contribution in [0.5, 0.6) is 11.5 Å². The average molecular weight is 1140 g/mol. The van der Waals surface area contributed by atoms with Crippen molar-refractivity contribution in [3.05, 3.63) is 279 Å². The summed E-state index contributed by atoms with van der Waals surface area (Å²) in [5.41, 5.74) is 19.9. The smallest absolute Gasteiger partial charge is 0.253 e. The molecule has 0 fully saturated rings. The quantitative estimate of drug-likeness (QED) is 0.161. The zero-order chi connectivity index (χ0) is 57.3. The van der Waals surface area contributed by atoms with Gasteiger partial charge in [-0.25, -0.2) is 0 Å². The Bertz CT molecular complexity index is 2850. The van der Waals surface area contributed by atoms with Gasteiger partial charge in [0.05, 0.1) is 0 Å². The molecule has 0 N–H and O–H groups in total. The van der Waals surface area contributed by atoms with Gasteiger partial charge in [0.2, 0.25) is 0 Å². The van der Waals surface area contributed by atoms with Gasteiger partial charge in [-0.3, -0.25) is 0 Å². The Hall–Kier alpha value is -5.54. The van der Waals surface area contributed by atoms with Crippen molar-refractivity contribution in [2.24, 2.45) is 0 Å². The van der Waals surface area contributed by atoms with Gasteiger partial charge in [-0.05, 0) is 115 Å². The number of hydrogen-bond acceptors (Lipinski definition) is 2. The summed E-state index contributed by atoms with van der Waals surface area (Å²) < 4.78 is 13.6. The molecule has 2 aliphatic carbocycles. The first-order valence-corrected chi connectivity index (χ1v) is 29.4. The Kier molecular flexibility index (Phi) is 27.2. The SMILES string of the molecule is CC.CC.CC.CC.Cc1cc[c-]cc1.Cc1ccc2c(c1)C1(CC2(C)C)CC(C)(C)c2ccc(C)cc21.Cc1ccc2c(c1)OC1(CC2c2ccccc2)CC(c2ccccc2)c2ccc(C)cc2O1.Cc1ccccc1.[CH3-].[Y]. The molecule has 0 amide bonds. The molecule has 3 heteroatoms. The largest absolute Gasteiger partial charge is 0.452 e. The first-order valence-electron chi connectivity index (χ1n) is 29.4. The third-order valence-electron chi connectivity index (χ3n) is 15.3. The molecule has 423 valence electrons. The van der Waals surface area contributed by atoms with E-state index in [0.717, 1.165) is 24.3 Å². The molecule has 2 spiro atoms.